The number of hydrogen-bond acceptors (Lipinski definition) is 9. The average molecular weight is 398 g/mol. The number of thiazole rings is 1. The number of thioether (sulfide) groups is 1. The molecule has 2 amide bonds. The van der Waals surface area contributed by atoms with Crippen molar-refractivity contribution in [2.45, 2.75) is 11.4 Å². The number of nitrogen functional groups attached to an aromatic ring is 1. The van der Waals surface area contributed by atoms with E-state index < -0.39 is 29.2 Å². The molecule has 138 valence electrons. The standard InChI is InChI=1S/C13H14N6O5S2/c1-24-17-7(6-4-26-13(14)19(6)15)9(20)16-8-10(21)18-5(12(22)23)2-3-25-11(8)18/h2,4,8,11,14H,3,15H2,1H3,(H,16,20)(H,22,23)/t8-,11+/m1/s1. The number of hydrogen-bond donors (Lipinski definition) is 4. The summed E-state index contributed by atoms with van der Waals surface area (Å²) in [6.45, 7) is 0. The van der Waals surface area contributed by atoms with E-state index >= 15 is 0 Å². The van der Waals surface area contributed by atoms with Gasteiger partial charge in [-0.25, -0.2) is 9.47 Å². The van der Waals surface area contributed by atoms with Gasteiger partial charge in [0.05, 0.1) is 0 Å². The molecule has 0 aromatic carbocycles. The van der Waals surface area contributed by atoms with Crippen molar-refractivity contribution in [1.29, 1.82) is 5.41 Å². The minimum atomic E-state index is -1.19. The molecule has 13 heteroatoms. The van der Waals surface area contributed by atoms with E-state index in [9.17, 15) is 14.4 Å². The number of carbonyl (C=O) groups excluding carboxylic acids is 2. The maximum Gasteiger partial charge on any atom is 0.352 e. The fourth-order valence-electron chi connectivity index (χ4n) is 2.55. The Morgan fingerprint density at radius 3 is 2.85 bits per heavy atom. The number of nitrogens with two attached hydrogens (primary N) is 1. The Balaban J connectivity index is 1.80. The molecule has 1 fully saturated rings. The lowest BCUT2D eigenvalue weighted by Gasteiger charge is -2.48. The van der Waals surface area contributed by atoms with Gasteiger partial charge >= 0.3 is 5.97 Å². The van der Waals surface area contributed by atoms with Gasteiger partial charge in [0.1, 0.15) is 29.9 Å². The molecule has 0 bridgehead atoms. The summed E-state index contributed by atoms with van der Waals surface area (Å²) < 4.78 is 0.970. The van der Waals surface area contributed by atoms with Crippen molar-refractivity contribution in [2.24, 2.45) is 5.16 Å². The van der Waals surface area contributed by atoms with E-state index in [1.54, 1.807) is 0 Å². The van der Waals surface area contributed by atoms with Crippen molar-refractivity contribution in [2.75, 3.05) is 18.7 Å². The predicted octanol–water partition coefficient (Wildman–Crippen LogP) is -1.54. The Bertz CT molecular complexity index is 903. The second-order valence-corrected chi connectivity index (χ2v) is 7.20. The molecule has 0 spiro atoms. The summed E-state index contributed by atoms with van der Waals surface area (Å²) in [6.07, 6.45) is 1.45. The molecule has 1 aromatic heterocycles. The van der Waals surface area contributed by atoms with Gasteiger partial charge < -0.3 is 21.1 Å². The number of oxime groups is 1. The van der Waals surface area contributed by atoms with Crippen LogP contribution in [-0.2, 0) is 19.2 Å². The van der Waals surface area contributed by atoms with E-state index in [-0.39, 0.29) is 21.9 Å². The summed E-state index contributed by atoms with van der Waals surface area (Å²) >= 11 is 2.34. The molecule has 2 aliphatic rings. The van der Waals surface area contributed by atoms with E-state index in [0.717, 1.165) is 20.9 Å². The minimum absolute atomic E-state index is 0.00146. The number of carbonyl (C=O) groups is 3. The van der Waals surface area contributed by atoms with Gasteiger partial charge in [0, 0.05) is 11.1 Å². The first-order valence-corrected chi connectivity index (χ1v) is 9.10. The Hall–Kier alpha value is -2.80. The van der Waals surface area contributed by atoms with Crippen LogP contribution in [0, 0.1) is 5.41 Å². The van der Waals surface area contributed by atoms with Gasteiger partial charge in [0.25, 0.3) is 11.8 Å². The number of rotatable bonds is 5. The first kappa shape index (κ1) is 18.0. The molecule has 11 nitrogen and oxygen atoms in total. The van der Waals surface area contributed by atoms with Gasteiger partial charge in [0.2, 0.25) is 4.80 Å². The molecule has 2 aliphatic heterocycles. The quantitative estimate of drug-likeness (QED) is 0.202. The molecule has 0 saturated carbocycles. The highest BCUT2D eigenvalue weighted by atomic mass is 32.2. The normalized spacial score (nSPS) is 22.2. The van der Waals surface area contributed by atoms with Crippen molar-refractivity contribution < 1.29 is 24.3 Å². The largest absolute Gasteiger partial charge is 0.477 e. The summed E-state index contributed by atoms with van der Waals surface area (Å²) in [6, 6.07) is -0.891. The number of nitrogens with zero attached hydrogens (tertiary/aromatic N) is 3. The molecule has 1 aromatic rings. The number of nitrogens with one attached hydrogen (secondary N) is 2. The lowest BCUT2D eigenvalue weighted by atomic mass is 10.0. The average Bonchev–Trinajstić information content (AvgIpc) is 2.95. The molecule has 3 rings (SSSR count). The summed E-state index contributed by atoms with van der Waals surface area (Å²) in [5.74, 6) is 3.69. The fraction of sp³-hybridized carbons (Fsp3) is 0.308. The number of aromatic nitrogens is 1. The molecule has 0 radical (unpaired) electrons. The highest BCUT2D eigenvalue weighted by Gasteiger charge is 2.53. The van der Waals surface area contributed by atoms with E-state index in [4.69, 9.17) is 16.4 Å². The smallest absolute Gasteiger partial charge is 0.352 e. The van der Waals surface area contributed by atoms with Crippen LogP contribution in [0.1, 0.15) is 5.69 Å². The molecular weight excluding hydrogens is 384 g/mol. The van der Waals surface area contributed by atoms with Crippen LogP contribution in [0.15, 0.2) is 22.3 Å². The molecule has 2 atom stereocenters. The third-order valence-electron chi connectivity index (χ3n) is 3.75. The number of amides is 2. The molecule has 5 N–H and O–H groups in total. The van der Waals surface area contributed by atoms with Gasteiger partial charge in [0.15, 0.2) is 5.71 Å². The molecule has 1 saturated heterocycles. The molecule has 0 unspecified atom stereocenters. The fourth-order valence-corrected chi connectivity index (χ4v) is 4.40. The number of β-lactam (4-membered cyclic amide) rings is 1. The lowest BCUT2D eigenvalue weighted by molar-refractivity contribution is -0.150. The monoisotopic (exact) mass is 398 g/mol. The van der Waals surface area contributed by atoms with Gasteiger partial charge in [-0.3, -0.25) is 19.9 Å². The molecule has 0 aliphatic carbocycles. The maximum absolute atomic E-state index is 12.6. The Labute approximate surface area is 154 Å². The number of fused-ring (bicyclic) bond motifs is 1. The third-order valence-corrected chi connectivity index (χ3v) is 5.70. The summed E-state index contributed by atoms with van der Waals surface area (Å²) in [4.78, 5) is 41.9. The van der Waals surface area contributed by atoms with Gasteiger partial charge in [-0.2, -0.15) is 0 Å². The van der Waals surface area contributed by atoms with Gasteiger partial charge in [-0.05, 0) is 6.08 Å². The second-order valence-electron chi connectivity index (χ2n) is 5.20. The Morgan fingerprint density at radius 2 is 2.27 bits per heavy atom. The second kappa shape index (κ2) is 6.84. The highest BCUT2D eigenvalue weighted by molar-refractivity contribution is 8.00. The van der Waals surface area contributed by atoms with Crippen LogP contribution in [0.2, 0.25) is 0 Å². The molecular formula is C13H14N6O5S2. The van der Waals surface area contributed by atoms with Crippen molar-refractivity contribution in [3.63, 3.8) is 0 Å². The van der Waals surface area contributed by atoms with Crippen LogP contribution >= 0.6 is 23.1 Å². The molecule has 3 heterocycles. The van der Waals surface area contributed by atoms with Gasteiger partial charge in [-0.1, -0.05) is 5.16 Å². The van der Waals surface area contributed by atoms with Crippen LogP contribution in [0.25, 0.3) is 0 Å². The summed E-state index contributed by atoms with van der Waals surface area (Å²) in [7, 11) is 1.25. The van der Waals surface area contributed by atoms with Crippen molar-refractivity contribution >= 4 is 46.6 Å². The van der Waals surface area contributed by atoms with Crippen LogP contribution in [0.3, 0.4) is 0 Å². The highest BCUT2D eigenvalue weighted by Crippen LogP contribution is 2.37. The van der Waals surface area contributed by atoms with E-state index in [1.807, 2.05) is 0 Å². The van der Waals surface area contributed by atoms with Gasteiger partial charge in [-0.15, -0.1) is 23.1 Å². The van der Waals surface area contributed by atoms with Crippen molar-refractivity contribution in [3.8, 4) is 0 Å². The summed E-state index contributed by atoms with van der Waals surface area (Å²) in [5, 5.41) is 23.9. The van der Waals surface area contributed by atoms with Crippen molar-refractivity contribution in [1.82, 2.24) is 14.9 Å². The topological polar surface area (TPSA) is 163 Å². The van der Waals surface area contributed by atoms with Crippen LogP contribution < -0.4 is 16.0 Å². The first-order valence-electron chi connectivity index (χ1n) is 7.17. The predicted molar refractivity (Wildman–Crippen MR) is 92.6 cm³/mol. The zero-order valence-corrected chi connectivity index (χ0v) is 15.0. The van der Waals surface area contributed by atoms with E-state index in [1.165, 1.54) is 30.3 Å². The first-order chi connectivity index (χ1) is 12.4. The minimum Gasteiger partial charge on any atom is -0.477 e. The Kier molecular flexibility index (Phi) is 4.73. The Morgan fingerprint density at radius 1 is 1.54 bits per heavy atom. The summed E-state index contributed by atoms with van der Waals surface area (Å²) in [5.41, 5.74) is -0.122. The zero-order chi connectivity index (χ0) is 19.0. The lowest BCUT2D eigenvalue weighted by Crippen LogP contribution is -2.70. The SMILES string of the molecule is CON=C(C(=O)N[C@@H]1C(=O)N2C(C(=O)O)=CCS[C@@H]12)c1csc(=N)n1N. The third kappa shape index (κ3) is 2.84. The number of carboxylic acid groups (broad SMARTS) is 1. The van der Waals surface area contributed by atoms with Crippen molar-refractivity contribution in [3.05, 3.63) is 27.6 Å². The van der Waals surface area contributed by atoms with E-state index in [2.05, 4.69) is 15.3 Å². The zero-order valence-electron chi connectivity index (χ0n) is 13.3. The molecule has 26 heavy (non-hydrogen) atoms. The van der Waals surface area contributed by atoms with E-state index in [0.29, 0.717) is 5.75 Å². The number of aliphatic carboxylic acids is 1. The van der Waals surface area contributed by atoms with Crippen LogP contribution in [0.5, 0.6) is 0 Å². The number of carboxylic acids is 1. The van der Waals surface area contributed by atoms with Crippen LogP contribution in [-0.4, -0.2) is 62.5 Å². The maximum atomic E-state index is 12.6. The van der Waals surface area contributed by atoms with Crippen LogP contribution in [0.4, 0.5) is 0 Å².